The van der Waals surface area contributed by atoms with Crippen LogP contribution < -0.4 is 0 Å². The maximum Gasteiger partial charge on any atom is 0.0443 e. The molecule has 0 saturated heterocycles. The third-order valence-electron chi connectivity index (χ3n) is 3.57. The van der Waals surface area contributed by atoms with Gasteiger partial charge in [-0.1, -0.05) is 39.0 Å². The Hall–Kier alpha value is -1.70. The summed E-state index contributed by atoms with van der Waals surface area (Å²) in [5, 5.41) is 0. The van der Waals surface area contributed by atoms with Crippen molar-refractivity contribution >= 4 is 5.71 Å². The van der Waals surface area contributed by atoms with Gasteiger partial charge in [-0.05, 0) is 31.1 Å². The van der Waals surface area contributed by atoms with Crippen molar-refractivity contribution in [1.29, 1.82) is 0 Å². The van der Waals surface area contributed by atoms with Crippen molar-refractivity contribution in [3.05, 3.63) is 54.0 Å². The predicted molar refractivity (Wildman–Crippen MR) is 81.4 cm³/mol. The van der Waals surface area contributed by atoms with Crippen LogP contribution in [0.25, 0.3) is 0 Å². The van der Waals surface area contributed by atoms with Crippen molar-refractivity contribution in [2.75, 3.05) is 0 Å². The molecule has 0 N–H and O–H groups in total. The van der Waals surface area contributed by atoms with E-state index in [9.17, 15) is 0 Å². The standard InChI is InChI=1S/C17H22N2/c1-12(2)16-9-8-15(10-11-18-16)14(4)17-7-5-6-13(3)19-17/h5-12,14-15H,1-4H3/t14-,15-/m0/s1. The van der Waals surface area contributed by atoms with Crippen LogP contribution in [-0.2, 0) is 0 Å². The minimum absolute atomic E-state index is 0.356. The zero-order chi connectivity index (χ0) is 13.8. The molecule has 1 aliphatic rings. The first kappa shape index (κ1) is 13.7. The monoisotopic (exact) mass is 254 g/mol. The molecule has 0 unspecified atom stereocenters. The van der Waals surface area contributed by atoms with Gasteiger partial charge in [-0.3, -0.25) is 9.98 Å². The first-order valence-corrected chi connectivity index (χ1v) is 6.94. The second-order valence-corrected chi connectivity index (χ2v) is 5.48. The largest absolute Gasteiger partial charge is 0.261 e. The lowest BCUT2D eigenvalue weighted by molar-refractivity contribution is 0.627. The molecule has 2 heterocycles. The van der Waals surface area contributed by atoms with Crippen LogP contribution in [0.5, 0.6) is 0 Å². The minimum Gasteiger partial charge on any atom is -0.261 e. The van der Waals surface area contributed by atoms with E-state index in [1.54, 1.807) is 0 Å². The van der Waals surface area contributed by atoms with Gasteiger partial charge in [0.15, 0.2) is 0 Å². The number of hydrogen-bond acceptors (Lipinski definition) is 2. The lowest BCUT2D eigenvalue weighted by Crippen LogP contribution is -2.08. The summed E-state index contributed by atoms with van der Waals surface area (Å²) in [6, 6.07) is 6.22. The van der Waals surface area contributed by atoms with E-state index in [0.29, 0.717) is 17.8 Å². The molecule has 1 aliphatic heterocycles. The fourth-order valence-corrected chi connectivity index (χ4v) is 2.24. The number of aromatic nitrogens is 1. The number of aryl methyl sites for hydroxylation is 1. The SMILES string of the molecule is Cc1cccc([C@@H](C)[C@@H]2C=CN=C(C(C)C)C=C2)n1. The molecule has 1 aromatic rings. The smallest absolute Gasteiger partial charge is 0.0443 e. The van der Waals surface area contributed by atoms with E-state index in [1.165, 1.54) is 0 Å². The Bertz CT molecular complexity index is 524. The topological polar surface area (TPSA) is 25.2 Å². The van der Waals surface area contributed by atoms with Gasteiger partial charge in [0, 0.05) is 35.1 Å². The van der Waals surface area contributed by atoms with Gasteiger partial charge < -0.3 is 0 Å². The number of hydrogen-bond donors (Lipinski definition) is 0. The molecule has 1 aromatic heterocycles. The highest BCUT2D eigenvalue weighted by molar-refractivity contribution is 5.97. The van der Waals surface area contributed by atoms with E-state index >= 15 is 0 Å². The molecule has 0 fully saturated rings. The van der Waals surface area contributed by atoms with Gasteiger partial charge in [0.1, 0.15) is 0 Å². The van der Waals surface area contributed by atoms with Gasteiger partial charge in [-0.15, -0.1) is 0 Å². The second-order valence-electron chi connectivity index (χ2n) is 5.48. The number of allylic oxidation sites excluding steroid dienone is 3. The maximum atomic E-state index is 4.63. The van der Waals surface area contributed by atoms with Crippen molar-refractivity contribution in [2.24, 2.45) is 16.8 Å². The van der Waals surface area contributed by atoms with Gasteiger partial charge >= 0.3 is 0 Å². The molecule has 0 saturated carbocycles. The summed E-state index contributed by atoms with van der Waals surface area (Å²) in [5.41, 5.74) is 3.36. The number of pyridine rings is 1. The van der Waals surface area contributed by atoms with Crippen molar-refractivity contribution in [3.8, 4) is 0 Å². The van der Waals surface area contributed by atoms with Crippen molar-refractivity contribution in [2.45, 2.75) is 33.6 Å². The van der Waals surface area contributed by atoms with Crippen LogP contribution in [-0.4, -0.2) is 10.7 Å². The Morgan fingerprint density at radius 1 is 1.11 bits per heavy atom. The molecule has 0 bridgehead atoms. The van der Waals surface area contributed by atoms with E-state index in [2.05, 4.69) is 61.1 Å². The third-order valence-corrected chi connectivity index (χ3v) is 3.57. The van der Waals surface area contributed by atoms with E-state index in [0.717, 1.165) is 17.1 Å². The maximum absolute atomic E-state index is 4.63. The zero-order valence-electron chi connectivity index (χ0n) is 12.2. The average molecular weight is 254 g/mol. The molecule has 0 amide bonds. The predicted octanol–water partition coefficient (Wildman–Crippen LogP) is 4.29. The number of rotatable bonds is 3. The van der Waals surface area contributed by atoms with Gasteiger partial charge in [-0.2, -0.15) is 0 Å². The Kier molecular flexibility index (Phi) is 4.31. The molecule has 100 valence electrons. The average Bonchev–Trinajstić information content (AvgIpc) is 2.63. The molecule has 0 spiro atoms. The van der Waals surface area contributed by atoms with Crippen molar-refractivity contribution in [1.82, 2.24) is 4.98 Å². The Labute approximate surface area is 116 Å². The summed E-state index contributed by atoms with van der Waals surface area (Å²) in [5.74, 6) is 1.19. The zero-order valence-corrected chi connectivity index (χ0v) is 12.2. The molecule has 2 heteroatoms. The lowest BCUT2D eigenvalue weighted by atomic mass is 9.90. The molecule has 0 aromatic carbocycles. The Morgan fingerprint density at radius 3 is 2.58 bits per heavy atom. The lowest BCUT2D eigenvalue weighted by Gasteiger charge is -2.17. The van der Waals surface area contributed by atoms with Crippen LogP contribution in [0.3, 0.4) is 0 Å². The normalized spacial score (nSPS) is 20.3. The highest BCUT2D eigenvalue weighted by Crippen LogP contribution is 2.26. The van der Waals surface area contributed by atoms with E-state index in [-0.39, 0.29) is 0 Å². The quantitative estimate of drug-likeness (QED) is 0.790. The minimum atomic E-state index is 0.356. The summed E-state index contributed by atoms with van der Waals surface area (Å²) in [7, 11) is 0. The van der Waals surface area contributed by atoms with Crippen molar-refractivity contribution < 1.29 is 0 Å². The van der Waals surface area contributed by atoms with E-state index in [4.69, 9.17) is 0 Å². The fourth-order valence-electron chi connectivity index (χ4n) is 2.24. The van der Waals surface area contributed by atoms with Gasteiger partial charge in [-0.25, -0.2) is 0 Å². The van der Waals surface area contributed by atoms with Gasteiger partial charge in [0.2, 0.25) is 0 Å². The van der Waals surface area contributed by atoms with Crippen LogP contribution in [0.1, 0.15) is 38.1 Å². The first-order valence-electron chi connectivity index (χ1n) is 6.94. The van der Waals surface area contributed by atoms with E-state index < -0.39 is 0 Å². The first-order chi connectivity index (χ1) is 9.08. The van der Waals surface area contributed by atoms with Crippen LogP contribution >= 0.6 is 0 Å². The summed E-state index contributed by atoms with van der Waals surface area (Å²) < 4.78 is 0. The summed E-state index contributed by atoms with van der Waals surface area (Å²) in [6.07, 6.45) is 8.51. The molecule has 19 heavy (non-hydrogen) atoms. The third kappa shape index (κ3) is 3.40. The molecule has 2 nitrogen and oxygen atoms in total. The highest BCUT2D eigenvalue weighted by atomic mass is 14.7. The van der Waals surface area contributed by atoms with Gasteiger partial charge in [0.25, 0.3) is 0 Å². The van der Waals surface area contributed by atoms with Crippen LogP contribution in [0.2, 0.25) is 0 Å². The van der Waals surface area contributed by atoms with Crippen LogP contribution in [0, 0.1) is 18.8 Å². The van der Waals surface area contributed by atoms with Crippen molar-refractivity contribution in [3.63, 3.8) is 0 Å². The summed E-state index contributed by atoms with van der Waals surface area (Å²) in [4.78, 5) is 9.12. The molecular weight excluding hydrogens is 232 g/mol. The molecule has 2 rings (SSSR count). The van der Waals surface area contributed by atoms with E-state index in [1.807, 2.05) is 19.2 Å². The molecule has 0 aliphatic carbocycles. The molecule has 2 atom stereocenters. The Balaban J connectivity index is 2.18. The summed E-state index contributed by atoms with van der Waals surface area (Å²) in [6.45, 7) is 8.60. The summed E-state index contributed by atoms with van der Waals surface area (Å²) >= 11 is 0. The molecule has 0 radical (unpaired) electrons. The van der Waals surface area contributed by atoms with Crippen LogP contribution in [0.15, 0.2) is 47.6 Å². The molecular formula is C17H22N2. The second kappa shape index (κ2) is 5.96. The number of nitrogens with zero attached hydrogens (tertiary/aromatic N) is 2. The van der Waals surface area contributed by atoms with Gasteiger partial charge in [0.05, 0.1) is 0 Å². The Morgan fingerprint density at radius 2 is 1.89 bits per heavy atom. The van der Waals surface area contributed by atoms with Crippen LogP contribution in [0.4, 0.5) is 0 Å². The highest BCUT2D eigenvalue weighted by Gasteiger charge is 2.17. The fraction of sp³-hybridized carbons (Fsp3) is 0.412. The number of aliphatic imine (C=N–C) groups is 1.